The van der Waals surface area contributed by atoms with Gasteiger partial charge in [-0.2, -0.15) is 0 Å². The summed E-state index contributed by atoms with van der Waals surface area (Å²) in [7, 11) is 0. The van der Waals surface area contributed by atoms with E-state index in [1.54, 1.807) is 23.6 Å². The van der Waals surface area contributed by atoms with Gasteiger partial charge in [0.25, 0.3) is 0 Å². The molecule has 1 amide bonds. The van der Waals surface area contributed by atoms with E-state index in [9.17, 15) is 9.59 Å². The lowest BCUT2D eigenvalue weighted by atomic mass is 9.98. The first-order chi connectivity index (χ1) is 10.8. The van der Waals surface area contributed by atoms with Crippen molar-refractivity contribution in [3.05, 3.63) is 0 Å². The highest BCUT2D eigenvalue weighted by atomic mass is 32.2. The first-order valence-corrected chi connectivity index (χ1v) is 9.13. The molecule has 1 fully saturated rings. The lowest BCUT2D eigenvalue weighted by Gasteiger charge is -2.33. The smallest absolute Gasteiger partial charge is 0.410 e. The third-order valence-corrected chi connectivity index (χ3v) is 4.94. The van der Waals surface area contributed by atoms with Crippen molar-refractivity contribution < 1.29 is 19.1 Å². The van der Waals surface area contributed by atoms with Crippen LogP contribution in [0.3, 0.4) is 0 Å². The molecule has 0 radical (unpaired) electrons. The Morgan fingerprint density at radius 3 is 2.52 bits per heavy atom. The zero-order chi connectivity index (χ0) is 17.0. The summed E-state index contributed by atoms with van der Waals surface area (Å²) >= 11 is 1.65. The first-order valence-electron chi connectivity index (χ1n) is 8.15. The standard InChI is InChI=1S/C16H26N2O4S/c1-5-21-14(19)12-10-23-13(17-12)11-6-8-18(9-7-11)15(20)22-16(2,3)4/h11-12H,5-10H2,1-4H3/t12-/m0/s1. The summed E-state index contributed by atoms with van der Waals surface area (Å²) in [4.78, 5) is 30.1. The minimum atomic E-state index is -0.466. The Bertz CT molecular complexity index is 479. The van der Waals surface area contributed by atoms with Gasteiger partial charge < -0.3 is 14.4 Å². The van der Waals surface area contributed by atoms with Crippen LogP contribution in [0.4, 0.5) is 4.79 Å². The van der Waals surface area contributed by atoms with Crippen molar-refractivity contribution in [1.29, 1.82) is 0 Å². The molecule has 0 bridgehead atoms. The highest BCUT2D eigenvalue weighted by Gasteiger charge is 2.33. The van der Waals surface area contributed by atoms with Crippen LogP contribution < -0.4 is 0 Å². The lowest BCUT2D eigenvalue weighted by molar-refractivity contribution is -0.143. The summed E-state index contributed by atoms with van der Waals surface area (Å²) in [6.07, 6.45) is 1.47. The second-order valence-electron chi connectivity index (χ2n) is 6.79. The topological polar surface area (TPSA) is 68.2 Å². The lowest BCUT2D eigenvalue weighted by Crippen LogP contribution is -2.42. The van der Waals surface area contributed by atoms with E-state index in [1.165, 1.54) is 0 Å². The Hall–Kier alpha value is -1.24. The molecule has 0 N–H and O–H groups in total. The number of piperidine rings is 1. The Morgan fingerprint density at radius 1 is 1.30 bits per heavy atom. The molecule has 6 nitrogen and oxygen atoms in total. The summed E-state index contributed by atoms with van der Waals surface area (Å²) in [5, 5.41) is 1.03. The van der Waals surface area contributed by atoms with Gasteiger partial charge in [0.05, 0.1) is 11.7 Å². The second-order valence-corrected chi connectivity index (χ2v) is 7.83. The fourth-order valence-corrected chi connectivity index (χ4v) is 3.82. The molecule has 0 spiro atoms. The minimum absolute atomic E-state index is 0.235. The molecule has 0 unspecified atom stereocenters. The monoisotopic (exact) mass is 342 g/mol. The van der Waals surface area contributed by atoms with Gasteiger partial charge >= 0.3 is 12.1 Å². The normalized spacial score (nSPS) is 22.7. The van der Waals surface area contributed by atoms with E-state index in [0.717, 1.165) is 17.9 Å². The summed E-state index contributed by atoms with van der Waals surface area (Å²) in [5.41, 5.74) is -0.466. The zero-order valence-electron chi connectivity index (χ0n) is 14.3. The van der Waals surface area contributed by atoms with E-state index < -0.39 is 5.60 Å². The Labute approximate surface area is 142 Å². The van der Waals surface area contributed by atoms with Gasteiger partial charge in [0.15, 0.2) is 6.04 Å². The van der Waals surface area contributed by atoms with E-state index in [0.29, 0.717) is 31.4 Å². The summed E-state index contributed by atoms with van der Waals surface area (Å²) in [5.74, 6) is 0.764. The van der Waals surface area contributed by atoms with Gasteiger partial charge in [-0.15, -0.1) is 11.8 Å². The summed E-state index contributed by atoms with van der Waals surface area (Å²) < 4.78 is 10.4. The number of nitrogens with zero attached hydrogens (tertiary/aromatic N) is 2. The summed E-state index contributed by atoms with van der Waals surface area (Å²) in [6, 6.07) is -0.362. The predicted molar refractivity (Wildman–Crippen MR) is 90.8 cm³/mol. The van der Waals surface area contributed by atoms with Crippen LogP contribution in [0.25, 0.3) is 0 Å². The number of rotatable bonds is 3. The number of carbonyl (C=O) groups is 2. The maximum Gasteiger partial charge on any atom is 0.410 e. The number of hydrogen-bond acceptors (Lipinski definition) is 6. The SMILES string of the molecule is CCOC(=O)[C@@H]1CSC(C2CCN(C(=O)OC(C)(C)C)CC2)=N1. The van der Waals surface area contributed by atoms with E-state index in [4.69, 9.17) is 9.47 Å². The number of thioether (sulfide) groups is 1. The van der Waals surface area contributed by atoms with E-state index in [-0.39, 0.29) is 18.1 Å². The van der Waals surface area contributed by atoms with Crippen LogP contribution in [-0.2, 0) is 14.3 Å². The van der Waals surface area contributed by atoms with Crippen molar-refractivity contribution in [1.82, 2.24) is 4.90 Å². The quantitative estimate of drug-likeness (QED) is 0.738. The van der Waals surface area contributed by atoms with E-state index in [2.05, 4.69) is 4.99 Å². The van der Waals surface area contributed by atoms with Gasteiger partial charge in [-0.25, -0.2) is 9.59 Å². The van der Waals surface area contributed by atoms with Crippen LogP contribution in [-0.4, -0.2) is 59.1 Å². The fourth-order valence-electron chi connectivity index (χ4n) is 2.61. The molecular formula is C16H26N2O4S. The van der Waals surface area contributed by atoms with Crippen molar-refractivity contribution in [2.24, 2.45) is 10.9 Å². The average molecular weight is 342 g/mol. The van der Waals surface area contributed by atoms with Gasteiger partial charge in [0.2, 0.25) is 0 Å². The number of carbonyl (C=O) groups excluding carboxylic acids is 2. The molecule has 1 atom stereocenters. The van der Waals surface area contributed by atoms with Crippen molar-refractivity contribution in [3.8, 4) is 0 Å². The van der Waals surface area contributed by atoms with Gasteiger partial charge in [0.1, 0.15) is 5.60 Å². The molecule has 2 heterocycles. The molecule has 1 saturated heterocycles. The first kappa shape index (κ1) is 18.1. The summed E-state index contributed by atoms with van der Waals surface area (Å²) in [6.45, 7) is 9.15. The van der Waals surface area contributed by atoms with Crippen LogP contribution in [0.15, 0.2) is 4.99 Å². The molecule has 7 heteroatoms. The Kier molecular flexibility index (Phi) is 5.95. The maximum absolute atomic E-state index is 12.1. The third kappa shape index (κ3) is 5.12. The molecule has 130 valence electrons. The van der Waals surface area contributed by atoms with Crippen molar-refractivity contribution in [3.63, 3.8) is 0 Å². The van der Waals surface area contributed by atoms with Gasteiger partial charge in [0, 0.05) is 24.8 Å². The molecule has 0 saturated carbocycles. The van der Waals surface area contributed by atoms with Crippen LogP contribution in [0.5, 0.6) is 0 Å². The largest absolute Gasteiger partial charge is 0.464 e. The molecule has 0 aliphatic carbocycles. The van der Waals surface area contributed by atoms with Crippen molar-refractivity contribution in [2.45, 2.75) is 52.2 Å². The number of esters is 1. The molecule has 0 aromatic carbocycles. The highest BCUT2D eigenvalue weighted by Crippen LogP contribution is 2.30. The van der Waals surface area contributed by atoms with Crippen LogP contribution in [0.1, 0.15) is 40.5 Å². The second kappa shape index (κ2) is 7.55. The zero-order valence-corrected chi connectivity index (χ0v) is 15.1. The van der Waals surface area contributed by atoms with Crippen LogP contribution >= 0.6 is 11.8 Å². The third-order valence-electron chi connectivity index (χ3n) is 3.73. The van der Waals surface area contributed by atoms with E-state index in [1.807, 2.05) is 20.8 Å². The van der Waals surface area contributed by atoms with Crippen LogP contribution in [0, 0.1) is 5.92 Å². The molecular weight excluding hydrogens is 316 g/mol. The molecule has 0 aromatic heterocycles. The fraction of sp³-hybridized carbons (Fsp3) is 0.812. The molecule has 2 rings (SSSR count). The number of likely N-dealkylation sites (tertiary alicyclic amines) is 1. The molecule has 2 aliphatic rings. The van der Waals surface area contributed by atoms with Gasteiger partial charge in [-0.1, -0.05) is 0 Å². The number of hydrogen-bond donors (Lipinski definition) is 0. The Balaban J connectivity index is 1.84. The minimum Gasteiger partial charge on any atom is -0.464 e. The van der Waals surface area contributed by atoms with Crippen molar-refractivity contribution >= 4 is 28.9 Å². The Morgan fingerprint density at radius 2 is 1.96 bits per heavy atom. The molecule has 2 aliphatic heterocycles. The molecule has 23 heavy (non-hydrogen) atoms. The maximum atomic E-state index is 12.1. The van der Waals surface area contributed by atoms with E-state index >= 15 is 0 Å². The van der Waals surface area contributed by atoms with Gasteiger partial charge in [-0.3, -0.25) is 4.99 Å². The highest BCUT2D eigenvalue weighted by molar-refractivity contribution is 8.14. The van der Waals surface area contributed by atoms with Crippen LogP contribution in [0.2, 0.25) is 0 Å². The predicted octanol–water partition coefficient (Wildman–Crippen LogP) is 2.71. The number of aliphatic imine (C=N–C) groups is 1. The average Bonchev–Trinajstić information content (AvgIpc) is 2.96. The number of amides is 1. The van der Waals surface area contributed by atoms with Gasteiger partial charge in [-0.05, 0) is 40.5 Å². The molecule has 0 aromatic rings. The number of ether oxygens (including phenoxy) is 2. The van der Waals surface area contributed by atoms with Crippen molar-refractivity contribution in [2.75, 3.05) is 25.4 Å².